The summed E-state index contributed by atoms with van der Waals surface area (Å²) in [5.74, 6) is 0.133. The van der Waals surface area contributed by atoms with E-state index >= 15 is 0 Å². The van der Waals surface area contributed by atoms with Crippen molar-refractivity contribution in [1.29, 1.82) is 0 Å². The Morgan fingerprint density at radius 3 is 2.55 bits per heavy atom. The van der Waals surface area contributed by atoms with E-state index in [1.807, 2.05) is 20.8 Å². The highest BCUT2D eigenvalue weighted by molar-refractivity contribution is 5.88. The van der Waals surface area contributed by atoms with Crippen molar-refractivity contribution in [2.45, 2.75) is 52.1 Å². The summed E-state index contributed by atoms with van der Waals surface area (Å²) in [7, 11) is 0. The number of aromatic nitrogens is 2. The molecule has 1 aromatic heterocycles. The van der Waals surface area contributed by atoms with Crippen LogP contribution in [0.2, 0.25) is 0 Å². The van der Waals surface area contributed by atoms with Crippen molar-refractivity contribution < 1.29 is 14.7 Å². The summed E-state index contributed by atoms with van der Waals surface area (Å²) in [6, 6.07) is 6.53. The molecule has 0 radical (unpaired) electrons. The van der Waals surface area contributed by atoms with Crippen molar-refractivity contribution >= 4 is 29.3 Å². The molecule has 2 atom stereocenters. The van der Waals surface area contributed by atoms with Crippen molar-refractivity contribution in [2.24, 2.45) is 5.92 Å². The molecule has 1 aliphatic carbocycles. The standard InChI is InChI=1S/C21H27N5O3/c1-12(2)23-19(27)16-5-4-6-17(16)25-18-13(3)11-22-21(26-18)24-15-9-7-14(8-10-15)20(28)29/h7-12,16-17H,4-6H2,1-3H3,(H,23,27)(H,28,29)(H2,22,24,25,26)/t16-,17+/m0/s1. The molecule has 1 saturated carbocycles. The van der Waals surface area contributed by atoms with Crippen LogP contribution < -0.4 is 16.0 Å². The maximum Gasteiger partial charge on any atom is 0.335 e. The van der Waals surface area contributed by atoms with E-state index in [4.69, 9.17) is 5.11 Å². The average Bonchev–Trinajstić information content (AvgIpc) is 3.13. The fraction of sp³-hybridized carbons (Fsp3) is 0.429. The molecule has 1 amide bonds. The number of nitrogens with zero attached hydrogens (tertiary/aromatic N) is 2. The van der Waals surface area contributed by atoms with Gasteiger partial charge in [0.25, 0.3) is 0 Å². The molecule has 8 nitrogen and oxygen atoms in total. The number of anilines is 3. The van der Waals surface area contributed by atoms with Crippen LogP contribution in [0.4, 0.5) is 17.5 Å². The van der Waals surface area contributed by atoms with E-state index in [0.29, 0.717) is 17.5 Å². The van der Waals surface area contributed by atoms with Crippen LogP contribution in [0.1, 0.15) is 49.0 Å². The SMILES string of the molecule is Cc1cnc(Nc2ccc(C(=O)O)cc2)nc1N[C@@H]1CCC[C@@H]1C(=O)NC(C)C. The van der Waals surface area contributed by atoms with Gasteiger partial charge in [-0.25, -0.2) is 9.78 Å². The highest BCUT2D eigenvalue weighted by Crippen LogP contribution is 2.29. The number of nitrogens with one attached hydrogen (secondary N) is 3. The van der Waals surface area contributed by atoms with Crippen LogP contribution in [-0.4, -0.2) is 39.0 Å². The van der Waals surface area contributed by atoms with Gasteiger partial charge >= 0.3 is 5.97 Å². The van der Waals surface area contributed by atoms with E-state index in [0.717, 1.165) is 24.8 Å². The van der Waals surface area contributed by atoms with Gasteiger partial charge in [0.05, 0.1) is 11.5 Å². The Balaban J connectivity index is 1.71. The third-order valence-electron chi connectivity index (χ3n) is 4.97. The minimum absolute atomic E-state index is 0.0325. The Morgan fingerprint density at radius 1 is 1.17 bits per heavy atom. The summed E-state index contributed by atoms with van der Waals surface area (Å²) in [4.78, 5) is 32.3. The summed E-state index contributed by atoms with van der Waals surface area (Å²) < 4.78 is 0. The second kappa shape index (κ2) is 8.89. The first-order chi connectivity index (χ1) is 13.8. The van der Waals surface area contributed by atoms with Crippen LogP contribution in [0.25, 0.3) is 0 Å². The lowest BCUT2D eigenvalue weighted by Gasteiger charge is -2.23. The molecule has 0 saturated heterocycles. The Hall–Kier alpha value is -3.16. The van der Waals surface area contributed by atoms with Crippen molar-refractivity contribution in [2.75, 3.05) is 10.6 Å². The zero-order valence-corrected chi connectivity index (χ0v) is 16.9. The van der Waals surface area contributed by atoms with E-state index in [9.17, 15) is 9.59 Å². The zero-order chi connectivity index (χ0) is 21.0. The number of aryl methyl sites for hydroxylation is 1. The predicted octanol–water partition coefficient (Wildman–Crippen LogP) is 3.33. The zero-order valence-electron chi connectivity index (χ0n) is 16.9. The number of carboxylic acids is 1. The minimum Gasteiger partial charge on any atom is -0.478 e. The fourth-order valence-corrected chi connectivity index (χ4v) is 3.49. The highest BCUT2D eigenvalue weighted by Gasteiger charge is 2.33. The summed E-state index contributed by atoms with van der Waals surface area (Å²) in [5, 5.41) is 18.5. The number of rotatable bonds is 7. The molecular formula is C21H27N5O3. The Labute approximate surface area is 170 Å². The first-order valence-corrected chi connectivity index (χ1v) is 9.84. The van der Waals surface area contributed by atoms with Gasteiger partial charge in [-0.05, 0) is 57.9 Å². The van der Waals surface area contributed by atoms with Crippen LogP contribution in [-0.2, 0) is 4.79 Å². The number of hydrogen-bond acceptors (Lipinski definition) is 6. The lowest BCUT2D eigenvalue weighted by atomic mass is 10.0. The normalized spacial score (nSPS) is 18.5. The molecule has 0 spiro atoms. The predicted molar refractivity (Wildman–Crippen MR) is 111 cm³/mol. The molecule has 1 aliphatic rings. The van der Waals surface area contributed by atoms with Crippen LogP contribution in [0.3, 0.4) is 0 Å². The molecule has 0 unspecified atom stereocenters. The lowest BCUT2D eigenvalue weighted by molar-refractivity contribution is -0.125. The van der Waals surface area contributed by atoms with E-state index in [1.165, 1.54) is 12.1 Å². The molecule has 29 heavy (non-hydrogen) atoms. The average molecular weight is 397 g/mol. The second-order valence-electron chi connectivity index (χ2n) is 7.68. The molecular weight excluding hydrogens is 370 g/mol. The maximum absolute atomic E-state index is 12.5. The second-order valence-corrected chi connectivity index (χ2v) is 7.68. The van der Waals surface area contributed by atoms with Crippen molar-refractivity contribution in [3.05, 3.63) is 41.6 Å². The van der Waals surface area contributed by atoms with Gasteiger partial charge in [-0.1, -0.05) is 6.42 Å². The Bertz CT molecular complexity index is 882. The number of benzene rings is 1. The molecule has 8 heteroatoms. The molecule has 1 fully saturated rings. The van der Waals surface area contributed by atoms with Crippen molar-refractivity contribution in [1.82, 2.24) is 15.3 Å². The van der Waals surface area contributed by atoms with Gasteiger partial charge in [-0.3, -0.25) is 4.79 Å². The number of carboxylic acid groups (broad SMARTS) is 1. The van der Waals surface area contributed by atoms with Gasteiger partial charge < -0.3 is 21.1 Å². The van der Waals surface area contributed by atoms with Gasteiger partial charge in [0.2, 0.25) is 11.9 Å². The van der Waals surface area contributed by atoms with Gasteiger partial charge in [-0.15, -0.1) is 0 Å². The van der Waals surface area contributed by atoms with Crippen LogP contribution in [0.15, 0.2) is 30.5 Å². The number of carbonyl (C=O) groups excluding carboxylic acids is 1. The first-order valence-electron chi connectivity index (χ1n) is 9.84. The molecule has 0 bridgehead atoms. The number of carbonyl (C=O) groups is 2. The van der Waals surface area contributed by atoms with Crippen LogP contribution in [0, 0.1) is 12.8 Å². The highest BCUT2D eigenvalue weighted by atomic mass is 16.4. The summed E-state index contributed by atoms with van der Waals surface area (Å²) >= 11 is 0. The number of hydrogen-bond donors (Lipinski definition) is 4. The molecule has 1 heterocycles. The van der Waals surface area contributed by atoms with Crippen LogP contribution in [0.5, 0.6) is 0 Å². The van der Waals surface area contributed by atoms with Crippen molar-refractivity contribution in [3.63, 3.8) is 0 Å². The fourth-order valence-electron chi connectivity index (χ4n) is 3.49. The summed E-state index contributed by atoms with van der Waals surface area (Å²) in [5.41, 5.74) is 1.81. The largest absolute Gasteiger partial charge is 0.478 e. The van der Waals surface area contributed by atoms with E-state index in [1.54, 1.807) is 18.3 Å². The molecule has 3 rings (SSSR count). The molecule has 4 N–H and O–H groups in total. The Kier molecular flexibility index (Phi) is 6.31. The first kappa shape index (κ1) is 20.6. The number of amides is 1. The van der Waals surface area contributed by atoms with Gasteiger partial charge in [-0.2, -0.15) is 4.98 Å². The third-order valence-corrected chi connectivity index (χ3v) is 4.97. The van der Waals surface area contributed by atoms with Crippen molar-refractivity contribution in [3.8, 4) is 0 Å². The van der Waals surface area contributed by atoms with Gasteiger partial charge in [0.1, 0.15) is 5.82 Å². The smallest absolute Gasteiger partial charge is 0.335 e. The lowest BCUT2D eigenvalue weighted by Crippen LogP contribution is -2.41. The quantitative estimate of drug-likeness (QED) is 0.566. The molecule has 0 aliphatic heterocycles. The molecule has 154 valence electrons. The number of aromatic carboxylic acids is 1. The third kappa shape index (κ3) is 5.22. The monoisotopic (exact) mass is 397 g/mol. The topological polar surface area (TPSA) is 116 Å². The molecule has 1 aromatic carbocycles. The van der Waals surface area contributed by atoms with E-state index in [-0.39, 0.29) is 29.5 Å². The summed E-state index contributed by atoms with van der Waals surface area (Å²) in [6.45, 7) is 5.85. The Morgan fingerprint density at radius 2 is 1.90 bits per heavy atom. The van der Waals surface area contributed by atoms with E-state index in [2.05, 4.69) is 25.9 Å². The minimum atomic E-state index is -0.970. The van der Waals surface area contributed by atoms with Crippen LogP contribution >= 0.6 is 0 Å². The summed E-state index contributed by atoms with van der Waals surface area (Å²) in [6.07, 6.45) is 4.50. The van der Waals surface area contributed by atoms with Gasteiger partial charge in [0, 0.05) is 29.5 Å². The molecule has 2 aromatic rings. The van der Waals surface area contributed by atoms with E-state index < -0.39 is 5.97 Å². The maximum atomic E-state index is 12.5. The van der Waals surface area contributed by atoms with Gasteiger partial charge in [0.15, 0.2) is 0 Å².